The highest BCUT2D eigenvalue weighted by molar-refractivity contribution is 7.52. The van der Waals surface area contributed by atoms with E-state index in [9.17, 15) is 9.36 Å². The standard InChI is InChI=1S/C27H36N7O6PS/c1-4-17(5-2)13-37-26(35)16(3)33-41(36,40-18-9-7-6-8-10-18)38-14-19-11-12-20(39-19)34-15-30-25-22(34)21-23(42-25)24(28)32-27(29)31-21/h6-10,15-17,19-20H,4-5,11-14H2,1-3H3,(H,33,36)(H4,28,29,31,32)/t16-,19-,20+,41?/m0/s1. The first kappa shape index (κ1) is 30.2. The van der Waals surface area contributed by atoms with Gasteiger partial charge in [-0.1, -0.05) is 44.9 Å². The summed E-state index contributed by atoms with van der Waals surface area (Å²) in [7, 11) is -4.01. The van der Waals surface area contributed by atoms with Gasteiger partial charge in [-0.3, -0.25) is 9.32 Å². The van der Waals surface area contributed by atoms with Crippen LogP contribution in [0.1, 0.15) is 52.7 Å². The topological polar surface area (TPSA) is 179 Å². The summed E-state index contributed by atoms with van der Waals surface area (Å²) in [6, 6.07) is 7.71. The van der Waals surface area contributed by atoms with Gasteiger partial charge in [0.1, 0.15) is 39.7 Å². The van der Waals surface area contributed by atoms with Gasteiger partial charge in [0.25, 0.3) is 0 Å². The van der Waals surface area contributed by atoms with E-state index in [1.807, 2.05) is 24.5 Å². The summed E-state index contributed by atoms with van der Waals surface area (Å²) in [6.07, 6.45) is 4.02. The molecule has 42 heavy (non-hydrogen) atoms. The lowest BCUT2D eigenvalue weighted by molar-refractivity contribution is -0.146. The molecule has 226 valence electrons. The van der Waals surface area contributed by atoms with Crippen LogP contribution in [0.5, 0.6) is 5.75 Å². The van der Waals surface area contributed by atoms with Crippen molar-refractivity contribution in [3.8, 4) is 5.75 Å². The Morgan fingerprint density at radius 3 is 2.71 bits per heavy atom. The Morgan fingerprint density at radius 1 is 1.21 bits per heavy atom. The monoisotopic (exact) mass is 617 g/mol. The number of thiophene rings is 1. The summed E-state index contributed by atoms with van der Waals surface area (Å²) in [5, 5.41) is 2.74. The number of esters is 1. The van der Waals surface area contributed by atoms with Gasteiger partial charge in [0.15, 0.2) is 0 Å². The van der Waals surface area contributed by atoms with E-state index >= 15 is 0 Å². The van der Waals surface area contributed by atoms with Crippen molar-refractivity contribution in [1.29, 1.82) is 0 Å². The lowest BCUT2D eigenvalue weighted by Crippen LogP contribution is -2.36. The lowest BCUT2D eigenvalue weighted by Gasteiger charge is -2.24. The van der Waals surface area contributed by atoms with Gasteiger partial charge < -0.3 is 30.0 Å². The Kier molecular flexibility index (Phi) is 9.28. The van der Waals surface area contributed by atoms with E-state index in [1.165, 1.54) is 11.3 Å². The Hall–Kier alpha value is -3.29. The van der Waals surface area contributed by atoms with Gasteiger partial charge in [0.2, 0.25) is 5.95 Å². The number of hydrogen-bond acceptors (Lipinski definition) is 12. The van der Waals surface area contributed by atoms with Crippen LogP contribution in [0.15, 0.2) is 36.7 Å². The maximum atomic E-state index is 13.9. The lowest BCUT2D eigenvalue weighted by atomic mass is 10.1. The van der Waals surface area contributed by atoms with E-state index in [0.29, 0.717) is 41.2 Å². The number of carbonyl (C=O) groups is 1. The van der Waals surface area contributed by atoms with Crippen LogP contribution in [0.2, 0.25) is 0 Å². The van der Waals surface area contributed by atoms with Crippen LogP contribution >= 0.6 is 19.1 Å². The van der Waals surface area contributed by atoms with Crippen LogP contribution in [0.4, 0.5) is 11.8 Å². The molecule has 4 heterocycles. The quantitative estimate of drug-likeness (QED) is 0.135. The number of hydrogen-bond donors (Lipinski definition) is 3. The summed E-state index contributed by atoms with van der Waals surface area (Å²) < 4.78 is 39.9. The molecule has 0 aliphatic carbocycles. The maximum Gasteiger partial charge on any atom is 0.459 e. The molecule has 0 spiro atoms. The highest BCUT2D eigenvalue weighted by atomic mass is 32.1. The Labute approximate surface area is 247 Å². The highest BCUT2D eigenvalue weighted by Gasteiger charge is 2.36. The minimum atomic E-state index is -4.01. The van der Waals surface area contributed by atoms with Crippen molar-refractivity contribution in [3.63, 3.8) is 0 Å². The first-order valence-electron chi connectivity index (χ1n) is 14.0. The molecule has 1 saturated heterocycles. The number of ether oxygens (including phenoxy) is 2. The number of benzene rings is 1. The third-order valence-electron chi connectivity index (χ3n) is 7.21. The summed E-state index contributed by atoms with van der Waals surface area (Å²) in [6.45, 7) is 5.93. The molecule has 3 aromatic heterocycles. The molecule has 4 atom stereocenters. The molecule has 0 amide bonds. The number of nitrogen functional groups attached to an aromatic ring is 2. The second-order valence-corrected chi connectivity index (χ2v) is 12.9. The van der Waals surface area contributed by atoms with Crippen molar-refractivity contribution >= 4 is 57.4 Å². The molecule has 1 unspecified atom stereocenters. The number of fused-ring (bicyclic) bond motifs is 3. The number of para-hydroxylation sites is 1. The highest BCUT2D eigenvalue weighted by Crippen LogP contribution is 2.46. The summed E-state index contributed by atoms with van der Waals surface area (Å²) in [5.74, 6) is 0.462. The molecule has 1 aromatic carbocycles. The molecule has 13 nitrogen and oxygen atoms in total. The van der Waals surface area contributed by atoms with Crippen molar-refractivity contribution in [2.45, 2.75) is 64.8 Å². The molecule has 1 aliphatic rings. The van der Waals surface area contributed by atoms with Gasteiger partial charge in [0, 0.05) is 0 Å². The fourth-order valence-electron chi connectivity index (χ4n) is 4.75. The van der Waals surface area contributed by atoms with E-state index < -0.39 is 25.9 Å². The summed E-state index contributed by atoms with van der Waals surface area (Å²) >= 11 is 1.39. The molecular formula is C27H36N7O6PS. The Morgan fingerprint density at radius 2 is 1.98 bits per heavy atom. The molecule has 5 N–H and O–H groups in total. The van der Waals surface area contributed by atoms with Crippen LogP contribution in [0.3, 0.4) is 0 Å². The zero-order chi connectivity index (χ0) is 29.9. The minimum Gasteiger partial charge on any atom is -0.464 e. The number of rotatable bonds is 13. The van der Waals surface area contributed by atoms with Crippen molar-refractivity contribution in [2.24, 2.45) is 5.92 Å². The van der Waals surface area contributed by atoms with Crippen LogP contribution in [-0.2, 0) is 23.4 Å². The maximum absolute atomic E-state index is 13.9. The number of imidazole rings is 1. The molecule has 1 fully saturated rings. The number of aromatic nitrogens is 4. The number of carbonyl (C=O) groups excluding carboxylic acids is 1. The molecule has 1 aliphatic heterocycles. The molecule has 0 bridgehead atoms. The third kappa shape index (κ3) is 6.68. The van der Waals surface area contributed by atoms with Crippen LogP contribution in [0.25, 0.3) is 20.6 Å². The van der Waals surface area contributed by atoms with E-state index in [0.717, 1.165) is 23.2 Å². The van der Waals surface area contributed by atoms with Gasteiger partial charge >= 0.3 is 13.7 Å². The van der Waals surface area contributed by atoms with Gasteiger partial charge in [0.05, 0.1) is 30.3 Å². The van der Waals surface area contributed by atoms with E-state index in [-0.39, 0.29) is 24.7 Å². The summed E-state index contributed by atoms with van der Waals surface area (Å²) in [5.41, 5.74) is 13.3. The second kappa shape index (κ2) is 12.9. The first-order chi connectivity index (χ1) is 20.2. The SMILES string of the molecule is CCC(CC)COC(=O)[C@H](C)NP(=O)(OC[C@@H]1CC[C@H](n2cnc3sc4c(N)nc(N)nc4c32)O1)Oc1ccccc1. The average Bonchev–Trinajstić information content (AvgIpc) is 3.69. The van der Waals surface area contributed by atoms with Crippen LogP contribution < -0.4 is 21.1 Å². The molecule has 4 aromatic rings. The zero-order valence-electron chi connectivity index (χ0n) is 23.8. The van der Waals surface area contributed by atoms with Crippen molar-refractivity contribution in [3.05, 3.63) is 36.7 Å². The van der Waals surface area contributed by atoms with Gasteiger partial charge in [-0.05, 0) is 37.8 Å². The second-order valence-electron chi connectivity index (χ2n) is 10.2. The van der Waals surface area contributed by atoms with Gasteiger partial charge in [-0.2, -0.15) is 10.1 Å². The predicted molar refractivity (Wildman–Crippen MR) is 161 cm³/mol. The van der Waals surface area contributed by atoms with Gasteiger partial charge in [-0.15, -0.1) is 11.3 Å². The minimum absolute atomic E-state index is 0.0343. The smallest absolute Gasteiger partial charge is 0.459 e. The fraction of sp³-hybridized carbons (Fsp3) is 0.481. The van der Waals surface area contributed by atoms with Crippen molar-refractivity contribution in [2.75, 3.05) is 24.7 Å². The van der Waals surface area contributed by atoms with E-state index in [4.69, 9.17) is 30.0 Å². The third-order valence-corrected chi connectivity index (χ3v) is 9.95. The Balaban J connectivity index is 1.27. The normalized spacial score (nSPS) is 19.3. The van der Waals surface area contributed by atoms with Crippen molar-refractivity contribution in [1.82, 2.24) is 24.6 Å². The zero-order valence-corrected chi connectivity index (χ0v) is 25.5. The first-order valence-corrected chi connectivity index (χ1v) is 16.3. The van der Waals surface area contributed by atoms with Crippen LogP contribution in [0, 0.1) is 5.92 Å². The van der Waals surface area contributed by atoms with E-state index in [1.54, 1.807) is 37.5 Å². The number of anilines is 2. The van der Waals surface area contributed by atoms with Crippen molar-refractivity contribution < 1.29 is 27.9 Å². The molecule has 15 heteroatoms. The molecule has 5 rings (SSSR count). The molecule has 0 radical (unpaired) electrons. The van der Waals surface area contributed by atoms with E-state index in [2.05, 4.69) is 20.0 Å². The number of nitrogens with zero attached hydrogens (tertiary/aromatic N) is 4. The van der Waals surface area contributed by atoms with Gasteiger partial charge in [-0.25, -0.2) is 14.5 Å². The largest absolute Gasteiger partial charge is 0.464 e. The fourth-order valence-corrected chi connectivity index (χ4v) is 7.25. The average molecular weight is 618 g/mol. The number of nitrogens with two attached hydrogens (primary N) is 2. The molecule has 0 saturated carbocycles. The van der Waals surface area contributed by atoms with Crippen LogP contribution in [-0.4, -0.2) is 50.8 Å². The Bertz CT molecular complexity index is 1580. The number of nitrogens with one attached hydrogen (secondary N) is 1. The predicted octanol–water partition coefficient (Wildman–Crippen LogP) is 5.04. The summed E-state index contributed by atoms with van der Waals surface area (Å²) in [4.78, 5) is 26.4. The molecular weight excluding hydrogens is 581 g/mol.